The normalized spacial score (nSPS) is 23.8. The molecular weight excluding hydrogens is 436 g/mol. The van der Waals surface area contributed by atoms with E-state index in [4.69, 9.17) is 38.0 Å². The maximum absolute atomic E-state index is 13.2. The van der Waals surface area contributed by atoms with Crippen molar-refractivity contribution >= 4 is 40.6 Å². The Kier molecular flexibility index (Phi) is 5.81. The van der Waals surface area contributed by atoms with Crippen molar-refractivity contribution in [2.75, 3.05) is 18.1 Å². The Hall–Kier alpha value is -2.77. The van der Waals surface area contributed by atoms with Gasteiger partial charge in [0.05, 0.1) is 12.6 Å². The predicted molar refractivity (Wildman–Crippen MR) is 124 cm³/mol. The van der Waals surface area contributed by atoms with Gasteiger partial charge in [-0.2, -0.15) is 0 Å². The van der Waals surface area contributed by atoms with Gasteiger partial charge in [-0.05, 0) is 50.3 Å². The van der Waals surface area contributed by atoms with Gasteiger partial charge in [-0.25, -0.2) is 0 Å². The lowest BCUT2D eigenvalue weighted by Crippen LogP contribution is -2.71. The van der Waals surface area contributed by atoms with Gasteiger partial charge in [0.15, 0.2) is 16.6 Å². The number of fused-ring (bicyclic) bond motifs is 4. The number of rotatable bonds is 6. The highest BCUT2D eigenvalue weighted by molar-refractivity contribution is 7.80. The topological polar surface area (TPSA) is 60.0 Å². The van der Waals surface area contributed by atoms with Crippen LogP contribution in [0.1, 0.15) is 25.5 Å². The van der Waals surface area contributed by atoms with Crippen molar-refractivity contribution in [2.45, 2.75) is 25.6 Å². The molecule has 162 valence electrons. The van der Waals surface area contributed by atoms with E-state index in [0.717, 1.165) is 5.56 Å². The van der Waals surface area contributed by atoms with Gasteiger partial charge in [0.2, 0.25) is 5.72 Å². The lowest BCUT2D eigenvalue weighted by atomic mass is 9.79. The molecule has 0 amide bonds. The molecule has 0 aliphatic carbocycles. The van der Waals surface area contributed by atoms with Crippen LogP contribution in [0.3, 0.4) is 0 Å². The molecule has 2 heterocycles. The summed E-state index contributed by atoms with van der Waals surface area (Å²) in [5, 5.41) is 4.30. The fourth-order valence-corrected chi connectivity index (χ4v) is 4.83. The summed E-state index contributed by atoms with van der Waals surface area (Å²) >= 11 is 12.0. The monoisotopic (exact) mass is 458 g/mol. The molecule has 4 rings (SSSR count). The summed E-state index contributed by atoms with van der Waals surface area (Å²) < 4.78 is 17.8. The van der Waals surface area contributed by atoms with E-state index < -0.39 is 23.7 Å². The minimum absolute atomic E-state index is 0.103. The maximum Gasteiger partial charge on any atom is 0.317 e. The van der Waals surface area contributed by atoms with Crippen molar-refractivity contribution in [1.29, 1.82) is 0 Å². The molecular formula is C23H23ClN2O4S. The van der Waals surface area contributed by atoms with Crippen LogP contribution < -0.4 is 19.7 Å². The minimum atomic E-state index is -1.18. The highest BCUT2D eigenvalue weighted by Gasteiger charge is 2.60. The Morgan fingerprint density at radius 3 is 2.87 bits per heavy atom. The number of ether oxygens (including phenoxy) is 3. The van der Waals surface area contributed by atoms with E-state index in [1.165, 1.54) is 6.08 Å². The van der Waals surface area contributed by atoms with Crippen LogP contribution in [-0.4, -0.2) is 30.0 Å². The molecule has 3 atom stereocenters. The molecule has 0 spiro atoms. The number of carbonyl (C=O) groups excluding carboxylic acids is 1. The first-order valence-corrected chi connectivity index (χ1v) is 10.8. The van der Waals surface area contributed by atoms with Gasteiger partial charge < -0.3 is 19.5 Å². The molecule has 0 saturated carbocycles. The zero-order valence-electron chi connectivity index (χ0n) is 17.3. The molecule has 2 aliphatic heterocycles. The van der Waals surface area contributed by atoms with Gasteiger partial charge >= 0.3 is 5.97 Å². The van der Waals surface area contributed by atoms with Crippen molar-refractivity contribution in [2.24, 2.45) is 5.92 Å². The summed E-state index contributed by atoms with van der Waals surface area (Å²) in [4.78, 5) is 15.0. The first kappa shape index (κ1) is 21.5. The molecule has 31 heavy (non-hydrogen) atoms. The zero-order chi connectivity index (χ0) is 22.2. The highest BCUT2D eigenvalue weighted by atomic mass is 35.5. The van der Waals surface area contributed by atoms with E-state index in [9.17, 15) is 4.79 Å². The molecule has 1 fully saturated rings. The largest absolute Gasteiger partial charge is 0.490 e. The number of esters is 1. The molecule has 2 aromatic carbocycles. The molecule has 0 radical (unpaired) electrons. The average Bonchev–Trinajstić information content (AvgIpc) is 2.72. The summed E-state index contributed by atoms with van der Waals surface area (Å²) in [7, 11) is 0. The summed E-state index contributed by atoms with van der Waals surface area (Å²) in [5.74, 6) is 0.0471. The second-order valence-electron chi connectivity index (χ2n) is 7.40. The third-order valence-electron chi connectivity index (χ3n) is 5.45. The SMILES string of the molecule is C=CCOC(=O)C1C2NC(=S)N(c3cccc(Cl)c3)C1(C)Oc1c(OCC)cccc12. The van der Waals surface area contributed by atoms with Crippen molar-refractivity contribution in [3.8, 4) is 11.5 Å². The standard InChI is InChI=1S/C23H23ClN2O4S/c1-4-12-29-21(27)18-19-16-10-7-11-17(28-5-2)20(16)30-23(18,3)26(22(31)25-19)15-9-6-8-14(24)13-15/h4,6-11,13,18-19H,1,5,12H2,2-3H3,(H,25,31). The minimum Gasteiger partial charge on any atom is -0.490 e. The molecule has 3 unspecified atom stereocenters. The summed E-state index contributed by atoms with van der Waals surface area (Å²) in [6.07, 6.45) is 1.54. The fourth-order valence-electron chi connectivity index (χ4n) is 4.23. The van der Waals surface area contributed by atoms with E-state index >= 15 is 0 Å². The number of hydrogen-bond acceptors (Lipinski definition) is 5. The summed E-state index contributed by atoms with van der Waals surface area (Å²) in [6.45, 7) is 7.96. The Morgan fingerprint density at radius 1 is 1.39 bits per heavy atom. The number of carbonyl (C=O) groups is 1. The number of anilines is 1. The lowest BCUT2D eigenvalue weighted by molar-refractivity contribution is -0.159. The number of para-hydroxylation sites is 1. The molecule has 2 aromatic rings. The van der Waals surface area contributed by atoms with Crippen molar-refractivity contribution < 1.29 is 19.0 Å². The molecule has 8 heteroatoms. The van der Waals surface area contributed by atoms with Gasteiger partial charge in [-0.15, -0.1) is 0 Å². The van der Waals surface area contributed by atoms with Crippen LogP contribution in [-0.2, 0) is 9.53 Å². The first-order chi connectivity index (χ1) is 14.9. The van der Waals surface area contributed by atoms with Crippen molar-refractivity contribution in [3.05, 3.63) is 65.7 Å². The number of benzene rings is 2. The highest BCUT2D eigenvalue weighted by Crippen LogP contribution is 2.52. The lowest BCUT2D eigenvalue weighted by Gasteiger charge is -2.55. The van der Waals surface area contributed by atoms with Crippen molar-refractivity contribution in [3.63, 3.8) is 0 Å². The number of nitrogens with zero attached hydrogens (tertiary/aromatic N) is 1. The van der Waals surface area contributed by atoms with E-state index in [2.05, 4.69) is 11.9 Å². The van der Waals surface area contributed by atoms with Crippen LogP contribution in [0.5, 0.6) is 11.5 Å². The number of nitrogens with one attached hydrogen (secondary N) is 1. The van der Waals surface area contributed by atoms with Crippen LogP contribution in [0.4, 0.5) is 5.69 Å². The number of hydrogen-bond donors (Lipinski definition) is 1. The van der Waals surface area contributed by atoms with Gasteiger partial charge in [-0.3, -0.25) is 9.69 Å². The van der Waals surface area contributed by atoms with Gasteiger partial charge in [0.25, 0.3) is 0 Å². The van der Waals surface area contributed by atoms with Crippen LogP contribution in [0.15, 0.2) is 55.1 Å². The summed E-state index contributed by atoms with van der Waals surface area (Å²) in [5.41, 5.74) is 0.303. The van der Waals surface area contributed by atoms with Crippen LogP contribution in [0.2, 0.25) is 5.02 Å². The molecule has 2 aliphatic rings. The predicted octanol–water partition coefficient (Wildman–Crippen LogP) is 4.63. The Labute approximate surface area is 191 Å². The average molecular weight is 459 g/mol. The van der Waals surface area contributed by atoms with E-state index in [1.807, 2.05) is 44.2 Å². The molecule has 6 nitrogen and oxygen atoms in total. The fraction of sp³-hybridized carbons (Fsp3) is 0.304. The van der Waals surface area contributed by atoms with Gasteiger partial charge in [0, 0.05) is 16.3 Å². The van der Waals surface area contributed by atoms with Crippen LogP contribution in [0.25, 0.3) is 0 Å². The second-order valence-corrected chi connectivity index (χ2v) is 8.23. The number of halogens is 1. The van der Waals surface area contributed by atoms with E-state index in [0.29, 0.717) is 33.9 Å². The molecule has 1 N–H and O–H groups in total. The van der Waals surface area contributed by atoms with Crippen LogP contribution >= 0.6 is 23.8 Å². The summed E-state index contributed by atoms with van der Waals surface area (Å²) in [6, 6.07) is 12.4. The molecule has 1 saturated heterocycles. The third-order valence-corrected chi connectivity index (χ3v) is 5.99. The van der Waals surface area contributed by atoms with Gasteiger partial charge in [0.1, 0.15) is 12.5 Å². The maximum atomic E-state index is 13.2. The van der Waals surface area contributed by atoms with Gasteiger partial charge in [-0.1, -0.05) is 42.5 Å². The molecule has 2 bridgehead atoms. The van der Waals surface area contributed by atoms with E-state index in [1.54, 1.807) is 17.0 Å². The van der Waals surface area contributed by atoms with Crippen LogP contribution in [0, 0.1) is 5.92 Å². The third kappa shape index (κ3) is 3.62. The Morgan fingerprint density at radius 2 is 2.16 bits per heavy atom. The Bertz CT molecular complexity index is 1050. The Balaban J connectivity index is 1.89. The first-order valence-electron chi connectivity index (χ1n) is 9.99. The van der Waals surface area contributed by atoms with E-state index in [-0.39, 0.29) is 6.61 Å². The zero-order valence-corrected chi connectivity index (χ0v) is 18.8. The second kappa shape index (κ2) is 8.40. The number of thiocarbonyl (C=S) groups is 1. The smallest absolute Gasteiger partial charge is 0.317 e. The molecule has 0 aromatic heterocycles. The quantitative estimate of drug-likeness (QED) is 0.384. The van der Waals surface area contributed by atoms with Crippen molar-refractivity contribution in [1.82, 2.24) is 5.32 Å².